The second kappa shape index (κ2) is 12.0. The number of guanidine groups is 1. The summed E-state index contributed by atoms with van der Waals surface area (Å²) in [6, 6.07) is 7.50. The highest BCUT2D eigenvalue weighted by Gasteiger charge is 2.27. The number of hydrogen-bond acceptors (Lipinski definition) is 4. The van der Waals surface area contributed by atoms with E-state index in [-0.39, 0.29) is 35.8 Å². The molecule has 0 bridgehead atoms. The van der Waals surface area contributed by atoms with Crippen LogP contribution in [0.1, 0.15) is 49.8 Å². The van der Waals surface area contributed by atoms with E-state index >= 15 is 0 Å². The molecule has 178 valence electrons. The van der Waals surface area contributed by atoms with Crippen molar-refractivity contribution in [3.8, 4) is 0 Å². The first kappa shape index (κ1) is 26.6. The smallest absolute Gasteiger partial charge is 0.216 e. The van der Waals surface area contributed by atoms with Gasteiger partial charge < -0.3 is 10.2 Å². The quantitative estimate of drug-likeness (QED) is 0.288. The van der Waals surface area contributed by atoms with Crippen LogP contribution in [0.5, 0.6) is 0 Å². The summed E-state index contributed by atoms with van der Waals surface area (Å²) >= 11 is 0. The summed E-state index contributed by atoms with van der Waals surface area (Å²) in [4.78, 5) is 7.12. The SMILES string of the molecule is CCNC(=NCc1ccccc1CS(=O)(=O)NC(C)C)N1CCC(c2cnn(C)c2)C1.I. The molecule has 1 saturated heterocycles. The van der Waals surface area contributed by atoms with Gasteiger partial charge in [-0.05, 0) is 43.9 Å². The number of halogens is 1. The molecular weight excluding hydrogens is 539 g/mol. The molecule has 2 N–H and O–H groups in total. The van der Waals surface area contributed by atoms with Crippen LogP contribution in [0.25, 0.3) is 0 Å². The lowest BCUT2D eigenvalue weighted by Crippen LogP contribution is -2.40. The molecule has 3 rings (SSSR count). The summed E-state index contributed by atoms with van der Waals surface area (Å²) in [5.74, 6) is 1.27. The van der Waals surface area contributed by atoms with Crippen molar-refractivity contribution in [3.63, 3.8) is 0 Å². The maximum atomic E-state index is 12.4. The Labute approximate surface area is 208 Å². The van der Waals surface area contributed by atoms with E-state index in [0.717, 1.165) is 43.1 Å². The van der Waals surface area contributed by atoms with Crippen LogP contribution >= 0.6 is 24.0 Å². The van der Waals surface area contributed by atoms with E-state index in [1.807, 2.05) is 56.0 Å². The first-order chi connectivity index (χ1) is 14.8. The largest absolute Gasteiger partial charge is 0.357 e. The molecule has 10 heteroatoms. The minimum Gasteiger partial charge on any atom is -0.357 e. The molecule has 1 aliphatic heterocycles. The zero-order valence-electron chi connectivity index (χ0n) is 19.3. The van der Waals surface area contributed by atoms with Crippen molar-refractivity contribution in [2.24, 2.45) is 12.0 Å². The van der Waals surface area contributed by atoms with E-state index in [1.165, 1.54) is 5.56 Å². The highest BCUT2D eigenvalue weighted by atomic mass is 127. The van der Waals surface area contributed by atoms with Crippen LogP contribution < -0.4 is 10.0 Å². The Morgan fingerprint density at radius 1 is 1.28 bits per heavy atom. The minimum atomic E-state index is -3.39. The number of aryl methyl sites for hydroxylation is 1. The van der Waals surface area contributed by atoms with E-state index in [0.29, 0.717) is 12.5 Å². The van der Waals surface area contributed by atoms with Gasteiger partial charge in [-0.15, -0.1) is 24.0 Å². The standard InChI is InChI=1S/C22H34N6O2S.HI/c1-5-23-22(28-11-10-19(15-28)21-13-25-27(4)14-21)24-12-18-8-6-7-9-20(18)16-31(29,30)26-17(2)3;/h6-9,13-14,17,19,26H,5,10-12,15-16H2,1-4H3,(H,23,24);1H. The number of sulfonamides is 1. The molecule has 0 radical (unpaired) electrons. The molecular formula is C22H35IN6O2S. The number of nitrogens with one attached hydrogen (secondary N) is 2. The molecule has 2 aromatic rings. The third-order valence-corrected chi connectivity index (χ3v) is 6.82. The molecule has 1 atom stereocenters. The third kappa shape index (κ3) is 7.45. The first-order valence-corrected chi connectivity index (χ1v) is 12.5. The minimum absolute atomic E-state index is 0. The van der Waals surface area contributed by atoms with Crippen molar-refractivity contribution in [1.82, 2.24) is 24.7 Å². The average molecular weight is 575 g/mol. The summed E-state index contributed by atoms with van der Waals surface area (Å²) in [6.45, 7) is 8.75. The van der Waals surface area contributed by atoms with Crippen molar-refractivity contribution < 1.29 is 8.42 Å². The summed E-state index contributed by atoms with van der Waals surface area (Å²) in [7, 11) is -1.45. The van der Waals surface area contributed by atoms with Crippen LogP contribution in [0.2, 0.25) is 0 Å². The van der Waals surface area contributed by atoms with E-state index < -0.39 is 10.0 Å². The van der Waals surface area contributed by atoms with Gasteiger partial charge >= 0.3 is 0 Å². The Bertz CT molecular complexity index is 1010. The van der Waals surface area contributed by atoms with E-state index in [1.54, 1.807) is 0 Å². The Morgan fingerprint density at radius 3 is 2.62 bits per heavy atom. The number of hydrogen-bond donors (Lipinski definition) is 2. The lowest BCUT2D eigenvalue weighted by atomic mass is 10.0. The highest BCUT2D eigenvalue weighted by molar-refractivity contribution is 14.0. The summed E-state index contributed by atoms with van der Waals surface area (Å²) in [5, 5.41) is 7.69. The molecule has 0 saturated carbocycles. The van der Waals surface area contributed by atoms with Gasteiger partial charge in [-0.2, -0.15) is 5.10 Å². The second-order valence-electron chi connectivity index (χ2n) is 8.35. The average Bonchev–Trinajstić information content (AvgIpc) is 3.34. The van der Waals surface area contributed by atoms with Gasteiger partial charge in [0.05, 0.1) is 18.5 Å². The fourth-order valence-electron chi connectivity index (χ4n) is 3.92. The number of rotatable bonds is 8. The van der Waals surface area contributed by atoms with Gasteiger partial charge in [-0.3, -0.25) is 4.68 Å². The number of aromatic nitrogens is 2. The van der Waals surface area contributed by atoms with E-state index in [4.69, 9.17) is 4.99 Å². The number of aliphatic imine (C=N–C) groups is 1. The van der Waals surface area contributed by atoms with Crippen molar-refractivity contribution in [2.75, 3.05) is 19.6 Å². The fraction of sp³-hybridized carbons (Fsp3) is 0.545. The summed E-state index contributed by atoms with van der Waals surface area (Å²) < 4.78 is 29.3. The van der Waals surface area contributed by atoms with Crippen molar-refractivity contribution in [1.29, 1.82) is 0 Å². The molecule has 0 spiro atoms. The predicted molar refractivity (Wildman–Crippen MR) is 140 cm³/mol. The molecule has 8 nitrogen and oxygen atoms in total. The van der Waals surface area contributed by atoms with Gasteiger partial charge in [0, 0.05) is 44.8 Å². The topological polar surface area (TPSA) is 91.6 Å². The lowest BCUT2D eigenvalue weighted by Gasteiger charge is -2.22. The van der Waals surface area contributed by atoms with E-state index in [9.17, 15) is 8.42 Å². The summed E-state index contributed by atoms with van der Waals surface area (Å²) in [5.41, 5.74) is 2.97. The van der Waals surface area contributed by atoms with Crippen LogP contribution in [0.4, 0.5) is 0 Å². The molecule has 0 amide bonds. The van der Waals surface area contributed by atoms with Crippen LogP contribution in [0.15, 0.2) is 41.7 Å². The maximum Gasteiger partial charge on any atom is 0.216 e. The molecule has 2 heterocycles. The van der Waals surface area contributed by atoms with Crippen LogP contribution in [0, 0.1) is 0 Å². The molecule has 0 aliphatic carbocycles. The zero-order chi connectivity index (χ0) is 22.4. The van der Waals surface area contributed by atoms with Gasteiger partial charge in [0.2, 0.25) is 10.0 Å². The Kier molecular flexibility index (Phi) is 9.96. The monoisotopic (exact) mass is 574 g/mol. The van der Waals surface area contributed by atoms with Gasteiger partial charge in [-0.25, -0.2) is 18.1 Å². The third-order valence-electron chi connectivity index (χ3n) is 5.30. The fourth-order valence-corrected chi connectivity index (χ4v) is 5.41. The molecule has 1 aromatic carbocycles. The zero-order valence-corrected chi connectivity index (χ0v) is 22.4. The molecule has 1 aliphatic rings. The van der Waals surface area contributed by atoms with Crippen molar-refractivity contribution in [3.05, 3.63) is 53.3 Å². The van der Waals surface area contributed by atoms with Crippen LogP contribution in [0.3, 0.4) is 0 Å². The van der Waals surface area contributed by atoms with Gasteiger partial charge in [-0.1, -0.05) is 24.3 Å². The van der Waals surface area contributed by atoms with Gasteiger partial charge in [0.15, 0.2) is 5.96 Å². The Morgan fingerprint density at radius 2 is 2.00 bits per heavy atom. The van der Waals surface area contributed by atoms with Gasteiger partial charge in [0.1, 0.15) is 0 Å². The highest BCUT2D eigenvalue weighted by Crippen LogP contribution is 2.26. The van der Waals surface area contributed by atoms with Gasteiger partial charge in [0.25, 0.3) is 0 Å². The maximum absolute atomic E-state index is 12.4. The van der Waals surface area contributed by atoms with Crippen LogP contribution in [-0.2, 0) is 29.4 Å². The molecule has 1 aromatic heterocycles. The predicted octanol–water partition coefficient (Wildman–Crippen LogP) is 2.82. The van der Waals surface area contributed by atoms with Crippen molar-refractivity contribution >= 4 is 40.0 Å². The normalized spacial score (nSPS) is 17.0. The van der Waals surface area contributed by atoms with E-state index in [2.05, 4.69) is 33.2 Å². The Hall–Kier alpha value is -1.66. The number of nitrogens with zero attached hydrogens (tertiary/aromatic N) is 4. The molecule has 1 unspecified atom stereocenters. The van der Waals surface area contributed by atoms with Crippen LogP contribution in [-0.4, -0.2) is 54.7 Å². The van der Waals surface area contributed by atoms with Crippen molar-refractivity contribution in [2.45, 2.75) is 51.4 Å². The second-order valence-corrected chi connectivity index (χ2v) is 10.1. The lowest BCUT2D eigenvalue weighted by molar-refractivity contribution is 0.486. The number of likely N-dealkylation sites (tertiary alicyclic amines) is 1. The Balaban J connectivity index is 0.00000363. The first-order valence-electron chi connectivity index (χ1n) is 10.9. The molecule has 1 fully saturated rings. The number of benzene rings is 1. The summed E-state index contributed by atoms with van der Waals surface area (Å²) in [6.07, 6.45) is 5.09. The molecule has 32 heavy (non-hydrogen) atoms.